The van der Waals surface area contributed by atoms with Gasteiger partial charge in [0.15, 0.2) is 4.77 Å². The minimum absolute atomic E-state index is 0.293. The monoisotopic (exact) mass is 407 g/mol. The Kier molecular flexibility index (Phi) is 6.23. The van der Waals surface area contributed by atoms with Crippen molar-refractivity contribution in [2.45, 2.75) is 32.6 Å². The summed E-state index contributed by atoms with van der Waals surface area (Å²) in [5.74, 6) is 0. The molecular formula is C23H29N5S. The van der Waals surface area contributed by atoms with Crippen molar-refractivity contribution < 1.29 is 0 Å². The number of hydrogen-bond donors (Lipinski definition) is 0. The molecule has 0 N–H and O–H groups in total. The maximum absolute atomic E-state index is 5.59. The number of rotatable bonds is 6. The van der Waals surface area contributed by atoms with Gasteiger partial charge in [-0.3, -0.25) is 9.80 Å². The van der Waals surface area contributed by atoms with Gasteiger partial charge in [-0.15, -0.1) is 0 Å². The fourth-order valence-electron chi connectivity index (χ4n) is 4.04. The molecule has 0 bridgehead atoms. The predicted octanol–water partition coefficient (Wildman–Crippen LogP) is 4.36. The van der Waals surface area contributed by atoms with E-state index >= 15 is 0 Å². The molecule has 5 nitrogen and oxygen atoms in total. The second kappa shape index (κ2) is 9.03. The van der Waals surface area contributed by atoms with Crippen molar-refractivity contribution in [3.8, 4) is 0 Å². The van der Waals surface area contributed by atoms with Crippen molar-refractivity contribution in [1.29, 1.82) is 0 Å². The van der Waals surface area contributed by atoms with Crippen molar-refractivity contribution in [3.63, 3.8) is 0 Å². The normalized spacial score (nSPS) is 16.0. The van der Waals surface area contributed by atoms with Crippen LogP contribution in [0.15, 0.2) is 67.0 Å². The van der Waals surface area contributed by atoms with Gasteiger partial charge in [0, 0.05) is 32.2 Å². The Balaban J connectivity index is 1.47. The summed E-state index contributed by atoms with van der Waals surface area (Å²) in [5, 5.41) is 4.50. The van der Waals surface area contributed by atoms with E-state index in [0.717, 1.165) is 37.6 Å². The van der Waals surface area contributed by atoms with Gasteiger partial charge >= 0.3 is 0 Å². The third kappa shape index (κ3) is 4.50. The molecule has 1 aromatic heterocycles. The second-order valence-corrected chi connectivity index (χ2v) is 8.30. The van der Waals surface area contributed by atoms with Gasteiger partial charge in [0.05, 0.1) is 12.7 Å². The lowest BCUT2D eigenvalue weighted by atomic mass is 9.96. The molecule has 0 saturated carbocycles. The van der Waals surface area contributed by atoms with E-state index < -0.39 is 0 Å². The lowest BCUT2D eigenvalue weighted by Gasteiger charge is -2.39. The van der Waals surface area contributed by atoms with E-state index in [1.807, 2.05) is 15.6 Å². The molecule has 0 aliphatic carbocycles. The van der Waals surface area contributed by atoms with Crippen LogP contribution in [0, 0.1) is 4.77 Å². The van der Waals surface area contributed by atoms with Crippen molar-refractivity contribution in [2.24, 2.45) is 0 Å². The summed E-state index contributed by atoms with van der Waals surface area (Å²) < 4.78 is 4.79. The number of piperazine rings is 1. The first kappa shape index (κ1) is 20.0. The minimum Gasteiger partial charge on any atom is -0.304 e. The van der Waals surface area contributed by atoms with Crippen molar-refractivity contribution in [2.75, 3.05) is 26.2 Å². The van der Waals surface area contributed by atoms with E-state index in [1.165, 1.54) is 11.1 Å². The van der Waals surface area contributed by atoms with E-state index in [0.29, 0.717) is 12.1 Å². The average Bonchev–Trinajstić information content (AvgIpc) is 3.11. The molecule has 1 saturated heterocycles. The Bertz CT molecular complexity index is 916. The summed E-state index contributed by atoms with van der Waals surface area (Å²) in [7, 11) is 0. The van der Waals surface area contributed by atoms with Gasteiger partial charge in [-0.2, -0.15) is 5.10 Å². The van der Waals surface area contributed by atoms with Crippen LogP contribution in [-0.4, -0.2) is 50.3 Å². The molecule has 1 fully saturated rings. The van der Waals surface area contributed by atoms with E-state index in [4.69, 9.17) is 12.2 Å². The maximum atomic E-state index is 5.59. The standard InChI is InChI=1S/C23H29N5S/c1-19(2)27-17-24-28(23(27)29)18-25-13-15-26(16-14-25)22(20-9-5-3-6-10-20)21-11-7-4-8-12-21/h3-12,17,19,22H,13-16,18H2,1-2H3. The molecule has 3 aromatic rings. The second-order valence-electron chi connectivity index (χ2n) is 7.93. The molecule has 2 aromatic carbocycles. The Morgan fingerprint density at radius 2 is 1.41 bits per heavy atom. The summed E-state index contributed by atoms with van der Waals surface area (Å²) in [6.45, 7) is 9.08. The summed E-state index contributed by atoms with van der Waals surface area (Å²) in [4.78, 5) is 5.03. The number of nitrogens with zero attached hydrogens (tertiary/aromatic N) is 5. The Labute approximate surface area is 178 Å². The molecule has 152 valence electrons. The molecule has 0 spiro atoms. The Morgan fingerprint density at radius 1 is 0.862 bits per heavy atom. The topological polar surface area (TPSA) is 29.2 Å². The summed E-state index contributed by atoms with van der Waals surface area (Å²) >= 11 is 5.59. The van der Waals surface area contributed by atoms with Crippen LogP contribution >= 0.6 is 12.2 Å². The van der Waals surface area contributed by atoms with Crippen LogP contribution in [0.25, 0.3) is 0 Å². The van der Waals surface area contributed by atoms with Crippen LogP contribution in [-0.2, 0) is 6.67 Å². The van der Waals surface area contributed by atoms with Gasteiger partial charge in [-0.25, -0.2) is 4.68 Å². The van der Waals surface area contributed by atoms with Crippen LogP contribution in [0.3, 0.4) is 0 Å². The number of hydrogen-bond acceptors (Lipinski definition) is 4. The molecule has 1 aliphatic rings. The van der Waals surface area contributed by atoms with Gasteiger partial charge in [-0.1, -0.05) is 60.7 Å². The largest absolute Gasteiger partial charge is 0.304 e. The third-order valence-corrected chi connectivity index (χ3v) is 6.07. The Hall–Kier alpha value is -2.28. The minimum atomic E-state index is 0.293. The highest BCUT2D eigenvalue weighted by atomic mass is 32.1. The van der Waals surface area contributed by atoms with Gasteiger partial charge in [0.1, 0.15) is 6.33 Å². The summed E-state index contributed by atoms with van der Waals surface area (Å²) in [5.41, 5.74) is 2.70. The number of aromatic nitrogens is 3. The lowest BCUT2D eigenvalue weighted by Crippen LogP contribution is -2.48. The molecule has 2 heterocycles. The van der Waals surface area contributed by atoms with Crippen molar-refractivity contribution in [3.05, 3.63) is 82.9 Å². The third-order valence-electron chi connectivity index (χ3n) is 5.65. The van der Waals surface area contributed by atoms with Crippen LogP contribution in [0.2, 0.25) is 0 Å². The Morgan fingerprint density at radius 3 is 1.90 bits per heavy atom. The molecule has 0 atom stereocenters. The molecule has 1 aliphatic heterocycles. The zero-order valence-electron chi connectivity index (χ0n) is 17.2. The van der Waals surface area contributed by atoms with Crippen molar-refractivity contribution >= 4 is 12.2 Å². The van der Waals surface area contributed by atoms with Gasteiger partial charge < -0.3 is 4.57 Å². The highest BCUT2D eigenvalue weighted by Crippen LogP contribution is 2.29. The van der Waals surface area contributed by atoms with Crippen molar-refractivity contribution in [1.82, 2.24) is 24.1 Å². The first-order chi connectivity index (χ1) is 14.1. The summed E-state index contributed by atoms with van der Waals surface area (Å²) in [6, 6.07) is 22.3. The predicted molar refractivity (Wildman–Crippen MR) is 119 cm³/mol. The fraction of sp³-hybridized carbons (Fsp3) is 0.391. The molecule has 0 unspecified atom stereocenters. The van der Waals surface area contributed by atoms with Crippen LogP contribution < -0.4 is 0 Å². The quantitative estimate of drug-likeness (QED) is 0.568. The lowest BCUT2D eigenvalue weighted by molar-refractivity contribution is 0.0843. The zero-order chi connectivity index (χ0) is 20.2. The molecule has 6 heteroatoms. The van der Waals surface area contributed by atoms with Gasteiger partial charge in [0.2, 0.25) is 0 Å². The van der Waals surface area contributed by atoms with E-state index in [1.54, 1.807) is 0 Å². The zero-order valence-corrected chi connectivity index (χ0v) is 18.0. The average molecular weight is 408 g/mol. The summed E-state index contributed by atoms with van der Waals surface area (Å²) in [6.07, 6.45) is 1.85. The smallest absolute Gasteiger partial charge is 0.199 e. The van der Waals surface area contributed by atoms with Gasteiger partial charge in [-0.05, 0) is 37.2 Å². The fourth-order valence-corrected chi connectivity index (χ4v) is 4.40. The van der Waals surface area contributed by atoms with Crippen LogP contribution in [0.5, 0.6) is 0 Å². The van der Waals surface area contributed by atoms with Gasteiger partial charge in [0.25, 0.3) is 0 Å². The molecule has 0 amide bonds. The molecule has 0 radical (unpaired) electrons. The van der Waals surface area contributed by atoms with E-state index in [-0.39, 0.29) is 0 Å². The first-order valence-corrected chi connectivity index (χ1v) is 10.7. The molecule has 29 heavy (non-hydrogen) atoms. The first-order valence-electron chi connectivity index (χ1n) is 10.3. The highest BCUT2D eigenvalue weighted by Gasteiger charge is 2.26. The van der Waals surface area contributed by atoms with E-state index in [9.17, 15) is 0 Å². The maximum Gasteiger partial charge on any atom is 0.199 e. The number of benzene rings is 2. The van der Waals surface area contributed by atoms with Crippen LogP contribution in [0.1, 0.15) is 37.1 Å². The SMILES string of the molecule is CC(C)n1cnn(CN2CCN(C(c3ccccc3)c3ccccc3)CC2)c1=S. The molecular weight excluding hydrogens is 378 g/mol. The molecule has 4 rings (SSSR count). The van der Waals surface area contributed by atoms with E-state index in [2.05, 4.69) is 89.4 Å². The van der Waals surface area contributed by atoms with Crippen LogP contribution in [0.4, 0.5) is 0 Å². The highest BCUT2D eigenvalue weighted by molar-refractivity contribution is 7.71.